The molecule has 5 aromatic rings. The van der Waals surface area contributed by atoms with E-state index in [0.29, 0.717) is 23.3 Å². The van der Waals surface area contributed by atoms with E-state index in [-0.39, 0.29) is 5.52 Å². The normalized spacial score (nSPS) is 11.4. The first kappa shape index (κ1) is 24.3. The van der Waals surface area contributed by atoms with Gasteiger partial charge in [-0.25, -0.2) is 0 Å². The first-order valence-electron chi connectivity index (χ1n) is 11.9. The molecule has 0 N–H and O–H groups in total. The smallest absolute Gasteiger partial charge is 0.418 e. The van der Waals surface area contributed by atoms with Crippen LogP contribution in [0.5, 0.6) is 5.75 Å². The summed E-state index contributed by atoms with van der Waals surface area (Å²) in [6, 6.07) is 29.3. The molecule has 5 heteroatoms. The van der Waals surface area contributed by atoms with Crippen LogP contribution in [0.25, 0.3) is 33.2 Å². The Hall–Kier alpha value is -4.38. The van der Waals surface area contributed by atoms with E-state index in [2.05, 4.69) is 11.6 Å². The lowest BCUT2D eigenvalue weighted by atomic mass is 9.91. The maximum atomic E-state index is 13.8. The van der Waals surface area contributed by atoms with Crippen LogP contribution in [0.15, 0.2) is 116 Å². The van der Waals surface area contributed by atoms with Gasteiger partial charge in [0.25, 0.3) is 0 Å². The minimum atomic E-state index is -4.51. The van der Waals surface area contributed by atoms with Crippen molar-refractivity contribution in [2.45, 2.75) is 19.2 Å². The molecule has 0 spiro atoms. The molecule has 1 aromatic heterocycles. The summed E-state index contributed by atoms with van der Waals surface area (Å²) in [6.07, 6.45) is -0.311. The Morgan fingerprint density at radius 3 is 2.22 bits per heavy atom. The van der Waals surface area contributed by atoms with Crippen molar-refractivity contribution >= 4 is 10.9 Å². The third-order valence-electron chi connectivity index (χ3n) is 6.22. The van der Waals surface area contributed by atoms with Crippen LogP contribution < -0.4 is 4.74 Å². The minimum absolute atomic E-state index is 0.0735. The standard InChI is InChI=1S/C32H24F3NO/c1-2-8-22-15-17-23(18-16-22)21-37-26-12-6-11-25(19-26)30-27-13-7-14-29(32(33,34)35)31(27)36-20-28(30)24-9-4-3-5-10-24/h2-7,9-20H,1,8,21H2. The first-order chi connectivity index (χ1) is 17.9. The van der Waals surface area contributed by atoms with Gasteiger partial charge in [0.1, 0.15) is 12.4 Å². The van der Waals surface area contributed by atoms with Crippen LogP contribution in [-0.2, 0) is 19.2 Å². The number of hydrogen-bond donors (Lipinski definition) is 0. The molecule has 0 bridgehead atoms. The predicted molar refractivity (Wildman–Crippen MR) is 142 cm³/mol. The lowest BCUT2D eigenvalue weighted by Gasteiger charge is -2.17. The highest BCUT2D eigenvalue weighted by Gasteiger charge is 2.33. The van der Waals surface area contributed by atoms with Gasteiger partial charge in [0.15, 0.2) is 0 Å². The van der Waals surface area contributed by atoms with Gasteiger partial charge < -0.3 is 4.74 Å². The second-order valence-corrected chi connectivity index (χ2v) is 8.74. The summed E-state index contributed by atoms with van der Waals surface area (Å²) in [5.74, 6) is 0.628. The number of nitrogens with zero attached hydrogens (tertiary/aromatic N) is 1. The van der Waals surface area contributed by atoms with Gasteiger partial charge in [-0.1, -0.05) is 84.9 Å². The Morgan fingerprint density at radius 1 is 0.784 bits per heavy atom. The van der Waals surface area contributed by atoms with Crippen LogP contribution in [0.3, 0.4) is 0 Å². The lowest BCUT2D eigenvalue weighted by Crippen LogP contribution is -2.07. The molecule has 0 saturated heterocycles. The average molecular weight is 496 g/mol. The molecule has 4 aromatic carbocycles. The molecular formula is C32H24F3NO. The molecule has 0 radical (unpaired) electrons. The van der Waals surface area contributed by atoms with Crippen molar-refractivity contribution < 1.29 is 17.9 Å². The van der Waals surface area contributed by atoms with Gasteiger partial charge in [-0.3, -0.25) is 4.98 Å². The Labute approximate surface area is 213 Å². The van der Waals surface area contributed by atoms with E-state index in [0.717, 1.165) is 34.7 Å². The third-order valence-corrected chi connectivity index (χ3v) is 6.22. The van der Waals surface area contributed by atoms with E-state index in [9.17, 15) is 13.2 Å². The number of hydrogen-bond acceptors (Lipinski definition) is 2. The zero-order valence-corrected chi connectivity index (χ0v) is 20.0. The number of allylic oxidation sites excluding steroid dienone is 1. The van der Waals surface area contributed by atoms with Crippen molar-refractivity contribution in [3.8, 4) is 28.0 Å². The second kappa shape index (κ2) is 10.3. The van der Waals surface area contributed by atoms with Crippen LogP contribution in [0.4, 0.5) is 13.2 Å². The maximum absolute atomic E-state index is 13.8. The van der Waals surface area contributed by atoms with Gasteiger partial charge >= 0.3 is 6.18 Å². The summed E-state index contributed by atoms with van der Waals surface area (Å²) in [4.78, 5) is 4.27. The fraction of sp³-hybridized carbons (Fsp3) is 0.0938. The third kappa shape index (κ3) is 5.26. The average Bonchev–Trinajstić information content (AvgIpc) is 2.92. The van der Waals surface area contributed by atoms with Crippen molar-refractivity contribution in [1.82, 2.24) is 4.98 Å². The summed E-state index contributed by atoms with van der Waals surface area (Å²) in [6.45, 7) is 4.14. The number of benzene rings is 4. The van der Waals surface area contributed by atoms with Crippen molar-refractivity contribution in [2.24, 2.45) is 0 Å². The molecule has 0 fully saturated rings. The highest BCUT2D eigenvalue weighted by molar-refractivity contribution is 6.03. The predicted octanol–water partition coefficient (Wildman–Crippen LogP) is 8.90. The molecule has 5 rings (SSSR count). The van der Waals surface area contributed by atoms with Gasteiger partial charge in [0.2, 0.25) is 0 Å². The Morgan fingerprint density at radius 2 is 1.49 bits per heavy atom. The van der Waals surface area contributed by atoms with Crippen LogP contribution in [-0.4, -0.2) is 4.98 Å². The minimum Gasteiger partial charge on any atom is -0.489 e. The van der Waals surface area contributed by atoms with E-state index in [1.54, 1.807) is 6.07 Å². The monoisotopic (exact) mass is 495 g/mol. The molecule has 0 unspecified atom stereocenters. The number of rotatable bonds is 7. The molecule has 0 aliphatic heterocycles. The topological polar surface area (TPSA) is 22.1 Å². The molecule has 0 aliphatic carbocycles. The van der Waals surface area contributed by atoms with Crippen molar-refractivity contribution in [3.63, 3.8) is 0 Å². The highest BCUT2D eigenvalue weighted by Crippen LogP contribution is 2.42. The summed E-state index contributed by atoms with van der Waals surface area (Å²) in [5, 5.41) is 0.436. The molecule has 0 atom stereocenters. The van der Waals surface area contributed by atoms with Crippen molar-refractivity contribution in [1.29, 1.82) is 0 Å². The first-order valence-corrected chi connectivity index (χ1v) is 11.9. The van der Waals surface area contributed by atoms with Crippen molar-refractivity contribution in [3.05, 3.63) is 133 Å². The fourth-order valence-electron chi connectivity index (χ4n) is 4.45. The summed E-state index contributed by atoms with van der Waals surface area (Å²) in [5.41, 5.74) is 4.43. The Kier molecular flexibility index (Phi) is 6.78. The van der Waals surface area contributed by atoms with E-state index < -0.39 is 11.7 Å². The fourth-order valence-corrected chi connectivity index (χ4v) is 4.45. The number of para-hydroxylation sites is 1. The van der Waals surface area contributed by atoms with E-state index in [1.165, 1.54) is 17.8 Å². The van der Waals surface area contributed by atoms with E-state index in [1.807, 2.05) is 84.9 Å². The van der Waals surface area contributed by atoms with Crippen LogP contribution >= 0.6 is 0 Å². The van der Waals surface area contributed by atoms with Crippen LogP contribution in [0, 0.1) is 0 Å². The zero-order valence-electron chi connectivity index (χ0n) is 20.0. The number of pyridine rings is 1. The number of fused-ring (bicyclic) bond motifs is 1. The number of halogens is 3. The summed E-state index contributed by atoms with van der Waals surface area (Å²) >= 11 is 0. The molecule has 0 amide bonds. The second-order valence-electron chi connectivity index (χ2n) is 8.74. The lowest BCUT2D eigenvalue weighted by molar-refractivity contribution is -0.136. The Balaban J connectivity index is 1.58. The number of alkyl halides is 3. The van der Waals surface area contributed by atoms with Gasteiger partial charge in [-0.2, -0.15) is 13.2 Å². The van der Waals surface area contributed by atoms with Gasteiger partial charge in [-0.05, 0) is 46.9 Å². The van der Waals surface area contributed by atoms with Gasteiger partial charge in [-0.15, -0.1) is 6.58 Å². The number of ether oxygens (including phenoxy) is 1. The molecule has 0 aliphatic rings. The molecular weight excluding hydrogens is 471 g/mol. The van der Waals surface area contributed by atoms with Crippen LogP contribution in [0.2, 0.25) is 0 Å². The number of aromatic nitrogens is 1. The highest BCUT2D eigenvalue weighted by atomic mass is 19.4. The molecule has 2 nitrogen and oxygen atoms in total. The SMILES string of the molecule is C=CCc1ccc(COc2cccc(-c3c(-c4ccccc4)cnc4c(C(F)(F)F)cccc34)c2)cc1. The van der Waals surface area contributed by atoms with Gasteiger partial charge in [0, 0.05) is 22.7 Å². The van der Waals surface area contributed by atoms with Gasteiger partial charge in [0.05, 0.1) is 11.1 Å². The Bertz CT molecular complexity index is 1540. The zero-order chi connectivity index (χ0) is 25.8. The molecule has 0 saturated carbocycles. The molecule has 37 heavy (non-hydrogen) atoms. The summed E-state index contributed by atoms with van der Waals surface area (Å²) < 4.78 is 47.5. The summed E-state index contributed by atoms with van der Waals surface area (Å²) in [7, 11) is 0. The molecule has 184 valence electrons. The molecule has 1 heterocycles. The largest absolute Gasteiger partial charge is 0.489 e. The quantitative estimate of drug-likeness (QED) is 0.210. The maximum Gasteiger partial charge on any atom is 0.418 e. The van der Waals surface area contributed by atoms with Crippen molar-refractivity contribution in [2.75, 3.05) is 0 Å². The van der Waals surface area contributed by atoms with E-state index in [4.69, 9.17) is 4.74 Å². The van der Waals surface area contributed by atoms with Crippen LogP contribution in [0.1, 0.15) is 16.7 Å². The van der Waals surface area contributed by atoms with E-state index >= 15 is 0 Å².